The molecular weight excluding hydrogens is 300 g/mol. The topological polar surface area (TPSA) is 86.8 Å². The van der Waals surface area contributed by atoms with Gasteiger partial charge in [0.25, 0.3) is 0 Å². The number of aromatic nitrogens is 4. The van der Waals surface area contributed by atoms with Crippen molar-refractivity contribution >= 4 is 34.7 Å². The lowest BCUT2D eigenvalue weighted by atomic mass is 10.0. The Labute approximate surface area is 133 Å². The van der Waals surface area contributed by atoms with Crippen LogP contribution in [0.1, 0.15) is 19.8 Å². The van der Waals surface area contributed by atoms with Crippen LogP contribution >= 0.6 is 11.8 Å². The number of rotatable bonds is 4. The quantitative estimate of drug-likeness (QED) is 0.880. The highest BCUT2D eigenvalue weighted by atomic mass is 32.2. The molecule has 8 heteroatoms. The minimum Gasteiger partial charge on any atom is -0.355 e. The minimum atomic E-state index is 0.00418. The number of carbonyl (C=O) groups is 1. The Morgan fingerprint density at radius 3 is 2.91 bits per heavy atom. The Morgan fingerprint density at radius 1 is 1.41 bits per heavy atom. The van der Waals surface area contributed by atoms with Crippen molar-refractivity contribution in [2.45, 2.75) is 31.1 Å². The SMILES string of the molecule is CSC(C)C(=O)NC1CCN(c2ncnc3nc[nH]c23)CC1. The van der Waals surface area contributed by atoms with Crippen molar-refractivity contribution in [3.63, 3.8) is 0 Å². The first-order chi connectivity index (χ1) is 10.7. The Morgan fingerprint density at radius 2 is 2.18 bits per heavy atom. The lowest BCUT2D eigenvalue weighted by molar-refractivity contribution is -0.121. The van der Waals surface area contributed by atoms with Crippen molar-refractivity contribution in [1.29, 1.82) is 0 Å². The molecule has 3 heterocycles. The van der Waals surface area contributed by atoms with Gasteiger partial charge in [0.2, 0.25) is 5.91 Å². The molecule has 0 aliphatic carbocycles. The second-order valence-corrected chi connectivity index (χ2v) is 6.62. The predicted molar refractivity (Wildman–Crippen MR) is 88.0 cm³/mol. The molecule has 2 aromatic heterocycles. The van der Waals surface area contributed by atoms with E-state index in [-0.39, 0.29) is 17.2 Å². The number of nitrogens with one attached hydrogen (secondary N) is 2. The molecule has 2 aromatic rings. The van der Waals surface area contributed by atoms with Crippen LogP contribution in [0.4, 0.5) is 5.82 Å². The van der Waals surface area contributed by atoms with Crippen molar-refractivity contribution in [2.24, 2.45) is 0 Å². The molecule has 0 radical (unpaired) electrons. The Hall–Kier alpha value is -1.83. The van der Waals surface area contributed by atoms with Gasteiger partial charge in [-0.05, 0) is 26.0 Å². The highest BCUT2D eigenvalue weighted by Crippen LogP contribution is 2.23. The molecular formula is C14H20N6OS. The first-order valence-electron chi connectivity index (χ1n) is 7.41. The number of piperidine rings is 1. The number of amides is 1. The molecule has 0 aromatic carbocycles. The molecule has 0 bridgehead atoms. The molecule has 1 amide bonds. The van der Waals surface area contributed by atoms with E-state index >= 15 is 0 Å². The van der Waals surface area contributed by atoms with Crippen LogP contribution in [0.2, 0.25) is 0 Å². The fourth-order valence-electron chi connectivity index (χ4n) is 2.65. The van der Waals surface area contributed by atoms with E-state index in [1.165, 1.54) is 0 Å². The summed E-state index contributed by atoms with van der Waals surface area (Å²) in [5.41, 5.74) is 1.57. The number of nitrogens with zero attached hydrogens (tertiary/aromatic N) is 4. The van der Waals surface area contributed by atoms with Crippen molar-refractivity contribution in [1.82, 2.24) is 25.3 Å². The summed E-state index contributed by atoms with van der Waals surface area (Å²) in [5, 5.41) is 3.14. The fraction of sp³-hybridized carbons (Fsp3) is 0.571. The molecule has 7 nitrogen and oxygen atoms in total. The molecule has 1 atom stereocenters. The highest BCUT2D eigenvalue weighted by molar-refractivity contribution is 7.99. The smallest absolute Gasteiger partial charge is 0.233 e. The summed E-state index contributed by atoms with van der Waals surface area (Å²) in [6.45, 7) is 3.67. The summed E-state index contributed by atoms with van der Waals surface area (Å²) in [6.07, 6.45) is 6.99. The number of hydrogen-bond donors (Lipinski definition) is 2. The predicted octanol–water partition coefficient (Wildman–Crippen LogP) is 1.19. The van der Waals surface area contributed by atoms with E-state index in [1.54, 1.807) is 24.4 Å². The van der Waals surface area contributed by atoms with Gasteiger partial charge in [-0.15, -0.1) is 0 Å². The van der Waals surface area contributed by atoms with E-state index in [0.29, 0.717) is 5.65 Å². The van der Waals surface area contributed by atoms with Crippen molar-refractivity contribution in [3.05, 3.63) is 12.7 Å². The second-order valence-electron chi connectivity index (χ2n) is 5.45. The van der Waals surface area contributed by atoms with Gasteiger partial charge in [-0.3, -0.25) is 4.79 Å². The minimum absolute atomic E-state index is 0.00418. The first-order valence-corrected chi connectivity index (χ1v) is 8.70. The standard InChI is InChI=1S/C14H20N6OS/c1-9(22-2)14(21)19-10-3-5-20(6-4-10)13-11-12(16-7-15-11)17-8-18-13/h7-10H,3-6H2,1-2H3,(H,19,21)(H,15,16,17,18). The van der Waals surface area contributed by atoms with Gasteiger partial charge in [-0.1, -0.05) is 0 Å². The summed E-state index contributed by atoms with van der Waals surface area (Å²) in [7, 11) is 0. The third-order valence-corrected chi connectivity index (χ3v) is 4.99. The molecule has 0 saturated carbocycles. The molecule has 2 N–H and O–H groups in total. The number of imidazole rings is 1. The average Bonchev–Trinajstić information content (AvgIpc) is 3.03. The lowest BCUT2D eigenvalue weighted by Gasteiger charge is -2.33. The van der Waals surface area contributed by atoms with Gasteiger partial charge in [0.05, 0.1) is 11.6 Å². The van der Waals surface area contributed by atoms with Crippen molar-refractivity contribution in [2.75, 3.05) is 24.2 Å². The van der Waals surface area contributed by atoms with Gasteiger partial charge in [0.1, 0.15) is 11.8 Å². The number of anilines is 1. The summed E-state index contributed by atoms with van der Waals surface area (Å²) in [6, 6.07) is 0.248. The summed E-state index contributed by atoms with van der Waals surface area (Å²) < 4.78 is 0. The number of carbonyl (C=O) groups excluding carboxylic acids is 1. The number of H-pyrrole nitrogens is 1. The summed E-state index contributed by atoms with van der Waals surface area (Å²) >= 11 is 1.57. The van der Waals surface area contributed by atoms with Crippen LogP contribution in [0.15, 0.2) is 12.7 Å². The lowest BCUT2D eigenvalue weighted by Crippen LogP contribution is -2.46. The van der Waals surface area contributed by atoms with Gasteiger partial charge >= 0.3 is 0 Å². The zero-order valence-corrected chi connectivity index (χ0v) is 13.6. The highest BCUT2D eigenvalue weighted by Gasteiger charge is 2.24. The van der Waals surface area contributed by atoms with Gasteiger partial charge in [-0.2, -0.15) is 11.8 Å². The van der Waals surface area contributed by atoms with Crippen LogP contribution in [-0.4, -0.2) is 56.5 Å². The second kappa shape index (κ2) is 6.51. The van der Waals surface area contributed by atoms with Crippen LogP contribution in [0.5, 0.6) is 0 Å². The van der Waals surface area contributed by atoms with Gasteiger partial charge in [0.15, 0.2) is 11.5 Å². The zero-order valence-electron chi connectivity index (χ0n) is 12.7. The van der Waals surface area contributed by atoms with E-state index in [1.807, 2.05) is 13.2 Å². The average molecular weight is 320 g/mol. The van der Waals surface area contributed by atoms with Crippen molar-refractivity contribution in [3.8, 4) is 0 Å². The maximum atomic E-state index is 12.0. The van der Waals surface area contributed by atoms with Crippen LogP contribution in [-0.2, 0) is 4.79 Å². The molecule has 1 aliphatic rings. The first kappa shape index (κ1) is 15.1. The fourth-order valence-corrected chi connectivity index (χ4v) is 2.94. The molecule has 3 rings (SSSR count). The zero-order chi connectivity index (χ0) is 15.5. The van der Waals surface area contributed by atoms with E-state index in [0.717, 1.165) is 37.3 Å². The van der Waals surface area contributed by atoms with Gasteiger partial charge in [-0.25, -0.2) is 15.0 Å². The molecule has 0 spiro atoms. The van der Waals surface area contributed by atoms with E-state index in [4.69, 9.17) is 0 Å². The Balaban J connectivity index is 1.62. The Bertz CT molecular complexity index is 652. The molecule has 22 heavy (non-hydrogen) atoms. The summed E-state index contributed by atoms with van der Waals surface area (Å²) in [4.78, 5) is 30.0. The third-order valence-electron chi connectivity index (χ3n) is 4.07. The maximum absolute atomic E-state index is 12.0. The van der Waals surface area contributed by atoms with E-state index in [9.17, 15) is 4.79 Å². The molecule has 1 saturated heterocycles. The van der Waals surface area contributed by atoms with Crippen LogP contribution in [0.3, 0.4) is 0 Å². The largest absolute Gasteiger partial charge is 0.355 e. The number of aromatic amines is 1. The molecule has 1 fully saturated rings. The molecule has 1 unspecified atom stereocenters. The number of hydrogen-bond acceptors (Lipinski definition) is 6. The number of fused-ring (bicyclic) bond motifs is 1. The Kier molecular flexibility index (Phi) is 4.47. The third kappa shape index (κ3) is 3.01. The van der Waals surface area contributed by atoms with Crippen molar-refractivity contribution < 1.29 is 4.79 Å². The van der Waals surface area contributed by atoms with E-state index in [2.05, 4.69) is 30.2 Å². The van der Waals surface area contributed by atoms with Gasteiger partial charge in [0, 0.05) is 19.1 Å². The molecule has 118 valence electrons. The maximum Gasteiger partial charge on any atom is 0.233 e. The van der Waals surface area contributed by atoms with Crippen LogP contribution in [0.25, 0.3) is 11.2 Å². The molecule has 1 aliphatic heterocycles. The monoisotopic (exact) mass is 320 g/mol. The van der Waals surface area contributed by atoms with Gasteiger partial charge < -0.3 is 15.2 Å². The normalized spacial score (nSPS) is 17.6. The number of thioether (sulfide) groups is 1. The summed E-state index contributed by atoms with van der Waals surface area (Å²) in [5.74, 6) is 1.02. The van der Waals surface area contributed by atoms with Crippen LogP contribution < -0.4 is 10.2 Å². The van der Waals surface area contributed by atoms with Crippen LogP contribution in [0, 0.1) is 0 Å². The van der Waals surface area contributed by atoms with E-state index < -0.39 is 0 Å².